The molecule has 0 saturated carbocycles. The molecule has 0 unspecified atom stereocenters. The lowest BCUT2D eigenvalue weighted by atomic mass is 9.67. The Morgan fingerprint density at radius 1 is 1.15 bits per heavy atom. The number of carbonyl (C=O) groups excluding carboxylic acids is 1. The largest absolute Gasteiger partial charge is 0.494 e. The van der Waals surface area contributed by atoms with E-state index in [0.717, 1.165) is 39.8 Å². The van der Waals surface area contributed by atoms with Crippen molar-refractivity contribution in [1.29, 1.82) is 0 Å². The van der Waals surface area contributed by atoms with Gasteiger partial charge in [-0.1, -0.05) is 38.1 Å². The van der Waals surface area contributed by atoms with E-state index in [1.807, 2.05) is 42.8 Å². The number of hydrogen-bond acceptors (Lipinski definition) is 4. The first-order valence-electron chi connectivity index (χ1n) is 11.4. The van der Waals surface area contributed by atoms with Crippen LogP contribution in [0, 0.1) is 24.1 Å². The molecule has 2 aromatic carbocycles. The lowest BCUT2D eigenvalue weighted by molar-refractivity contribution is -0.124. The van der Waals surface area contributed by atoms with E-state index in [2.05, 4.69) is 25.2 Å². The third kappa shape index (κ3) is 3.63. The molecule has 2 aliphatic rings. The summed E-state index contributed by atoms with van der Waals surface area (Å²) in [5.74, 6) is 0.938. The second-order valence-electron chi connectivity index (χ2n) is 9.52. The molecule has 1 aliphatic heterocycles. The average Bonchev–Trinajstić information content (AvgIpc) is 3.09. The number of Topliss-reactive ketones (excluding diaryl/α,β-unsaturated/α-hetero) is 1. The molecular formula is C27H28FN3O2. The van der Waals surface area contributed by atoms with Gasteiger partial charge in [-0.3, -0.25) is 4.79 Å². The highest BCUT2D eigenvalue weighted by atomic mass is 19.1. The Morgan fingerprint density at radius 2 is 1.88 bits per heavy atom. The Balaban J connectivity index is 1.77. The maximum Gasteiger partial charge on any atom is 0.143 e. The number of nitrogens with zero attached hydrogens (tertiary/aromatic N) is 2. The summed E-state index contributed by atoms with van der Waals surface area (Å²) < 4.78 is 21.4. The minimum Gasteiger partial charge on any atom is -0.494 e. The van der Waals surface area contributed by atoms with Crippen LogP contribution in [0.15, 0.2) is 60.3 Å². The monoisotopic (exact) mass is 445 g/mol. The number of benzene rings is 2. The fraction of sp³-hybridized carbons (Fsp3) is 0.333. The number of ether oxygens (including phenoxy) is 1. The summed E-state index contributed by atoms with van der Waals surface area (Å²) in [5.41, 5.74) is 4.19. The van der Waals surface area contributed by atoms with Gasteiger partial charge in [0.1, 0.15) is 23.2 Å². The van der Waals surface area contributed by atoms with Crippen molar-refractivity contribution >= 4 is 11.6 Å². The van der Waals surface area contributed by atoms with Crippen LogP contribution in [0.3, 0.4) is 0 Å². The van der Waals surface area contributed by atoms with Crippen LogP contribution in [0.4, 0.5) is 10.2 Å². The van der Waals surface area contributed by atoms with Crippen molar-refractivity contribution < 1.29 is 13.9 Å². The van der Waals surface area contributed by atoms with Crippen molar-refractivity contribution in [2.75, 3.05) is 11.9 Å². The number of fused-ring (bicyclic) bond motifs is 2. The molecule has 3 aromatic rings. The summed E-state index contributed by atoms with van der Waals surface area (Å²) >= 11 is 0. The zero-order valence-electron chi connectivity index (χ0n) is 19.4. The molecule has 1 N–H and O–H groups in total. The second-order valence-corrected chi connectivity index (χ2v) is 9.52. The van der Waals surface area contributed by atoms with Gasteiger partial charge < -0.3 is 10.1 Å². The zero-order chi connectivity index (χ0) is 23.3. The number of allylic oxidation sites excluding steroid dienone is 2. The Bertz CT molecular complexity index is 1260. The number of carbonyl (C=O) groups is 1. The third-order valence-corrected chi connectivity index (χ3v) is 6.50. The van der Waals surface area contributed by atoms with Gasteiger partial charge in [-0.2, -0.15) is 5.10 Å². The lowest BCUT2D eigenvalue weighted by Crippen LogP contribution is -2.39. The van der Waals surface area contributed by atoms with Crippen LogP contribution in [0.1, 0.15) is 49.9 Å². The van der Waals surface area contributed by atoms with Gasteiger partial charge in [0.25, 0.3) is 0 Å². The summed E-state index contributed by atoms with van der Waals surface area (Å²) in [5, 5.41) is 8.36. The Labute approximate surface area is 193 Å². The number of aromatic nitrogens is 2. The number of rotatable bonds is 4. The molecule has 6 heteroatoms. The van der Waals surface area contributed by atoms with Gasteiger partial charge in [0.2, 0.25) is 0 Å². The lowest BCUT2D eigenvalue weighted by Gasteiger charge is -2.41. The van der Waals surface area contributed by atoms with Crippen molar-refractivity contribution in [2.45, 2.75) is 40.0 Å². The van der Waals surface area contributed by atoms with Crippen LogP contribution < -0.4 is 10.1 Å². The molecule has 0 radical (unpaired) electrons. The molecule has 0 saturated heterocycles. The average molecular weight is 446 g/mol. The first-order chi connectivity index (χ1) is 15.8. The van der Waals surface area contributed by atoms with Crippen LogP contribution in [0.2, 0.25) is 0 Å². The van der Waals surface area contributed by atoms with E-state index in [0.29, 0.717) is 13.0 Å². The fourth-order valence-corrected chi connectivity index (χ4v) is 5.24. The first-order valence-corrected chi connectivity index (χ1v) is 11.4. The van der Waals surface area contributed by atoms with Gasteiger partial charge in [-0.15, -0.1) is 0 Å². The molecule has 1 aliphatic carbocycles. The predicted octanol–water partition coefficient (Wildman–Crippen LogP) is 5.78. The minimum absolute atomic E-state index is 0.209. The molecule has 0 fully saturated rings. The Morgan fingerprint density at radius 3 is 2.61 bits per heavy atom. The molecule has 0 amide bonds. The van der Waals surface area contributed by atoms with E-state index in [1.54, 1.807) is 12.1 Å². The first kappa shape index (κ1) is 21.4. The number of ketones is 1. The van der Waals surface area contributed by atoms with Crippen molar-refractivity contribution in [3.8, 4) is 11.4 Å². The number of halogens is 1. The maximum atomic E-state index is 13.6. The number of aryl methyl sites for hydroxylation is 1. The number of para-hydroxylation sites is 1. The van der Waals surface area contributed by atoms with E-state index in [9.17, 15) is 9.18 Å². The van der Waals surface area contributed by atoms with Crippen molar-refractivity contribution in [3.63, 3.8) is 0 Å². The van der Waals surface area contributed by atoms with Gasteiger partial charge in [0.05, 0.1) is 23.9 Å². The van der Waals surface area contributed by atoms with E-state index >= 15 is 0 Å². The van der Waals surface area contributed by atoms with Gasteiger partial charge in [0, 0.05) is 29.2 Å². The molecule has 0 bridgehead atoms. The Hall–Kier alpha value is -3.41. The second kappa shape index (κ2) is 7.87. The number of anilines is 1. The van der Waals surface area contributed by atoms with Gasteiger partial charge in [-0.05, 0) is 49.6 Å². The maximum absolute atomic E-state index is 13.6. The van der Waals surface area contributed by atoms with E-state index in [1.165, 1.54) is 12.1 Å². The smallest absolute Gasteiger partial charge is 0.143 e. The number of nitrogens with one attached hydrogen (secondary N) is 1. The molecule has 170 valence electrons. The SMILES string of the molecule is CCOc1ccccc1[C@@H]1c2c(C)nn(-c3ccc(F)cc3)c2NC2=CC(C)(C)CC(=O)[C@H]21. The highest BCUT2D eigenvalue weighted by Gasteiger charge is 2.46. The minimum atomic E-state index is -0.336. The van der Waals surface area contributed by atoms with E-state index in [-0.39, 0.29) is 28.9 Å². The molecule has 33 heavy (non-hydrogen) atoms. The highest BCUT2D eigenvalue weighted by molar-refractivity contribution is 5.90. The summed E-state index contributed by atoms with van der Waals surface area (Å²) in [7, 11) is 0. The highest BCUT2D eigenvalue weighted by Crippen LogP contribution is 2.52. The quantitative estimate of drug-likeness (QED) is 0.554. The van der Waals surface area contributed by atoms with Crippen LogP contribution in [0.5, 0.6) is 5.75 Å². The molecule has 1 aromatic heterocycles. The van der Waals surface area contributed by atoms with Crippen molar-refractivity contribution in [1.82, 2.24) is 9.78 Å². The molecule has 2 atom stereocenters. The zero-order valence-corrected chi connectivity index (χ0v) is 19.4. The van der Waals surface area contributed by atoms with Crippen LogP contribution in [-0.2, 0) is 4.79 Å². The van der Waals surface area contributed by atoms with Gasteiger partial charge in [0.15, 0.2) is 0 Å². The van der Waals surface area contributed by atoms with Gasteiger partial charge in [-0.25, -0.2) is 9.07 Å². The van der Waals surface area contributed by atoms with E-state index < -0.39 is 0 Å². The summed E-state index contributed by atoms with van der Waals surface area (Å²) in [6.45, 7) is 8.62. The molecule has 2 heterocycles. The topological polar surface area (TPSA) is 56.1 Å². The molecule has 5 nitrogen and oxygen atoms in total. The van der Waals surface area contributed by atoms with Crippen LogP contribution >= 0.6 is 0 Å². The molecular weight excluding hydrogens is 417 g/mol. The normalized spacial score (nSPS) is 21.0. The summed E-state index contributed by atoms with van der Waals surface area (Å²) in [6, 6.07) is 14.2. The predicted molar refractivity (Wildman–Crippen MR) is 126 cm³/mol. The number of hydrogen-bond donors (Lipinski definition) is 1. The molecule has 0 spiro atoms. The Kier molecular flexibility index (Phi) is 5.11. The van der Waals surface area contributed by atoms with Crippen molar-refractivity contribution in [2.24, 2.45) is 11.3 Å². The van der Waals surface area contributed by atoms with Crippen LogP contribution in [0.25, 0.3) is 5.69 Å². The summed E-state index contributed by atoms with van der Waals surface area (Å²) in [6.07, 6.45) is 2.66. The standard InChI is InChI=1S/C27H28FN3O2/c1-5-33-22-9-7-6-8-19(22)24-23-16(2)30-31(18-12-10-17(28)11-13-18)26(23)29-20-14-27(3,4)15-21(32)25(20)24/h6-14,24-25,29H,5,15H2,1-4H3/t24-,25+/m1/s1. The fourth-order valence-electron chi connectivity index (χ4n) is 5.24. The van der Waals surface area contributed by atoms with Crippen LogP contribution in [-0.4, -0.2) is 22.2 Å². The van der Waals surface area contributed by atoms with Crippen molar-refractivity contribution in [3.05, 3.63) is 82.9 Å². The van der Waals surface area contributed by atoms with E-state index in [4.69, 9.17) is 9.84 Å². The summed E-state index contributed by atoms with van der Waals surface area (Å²) in [4.78, 5) is 13.5. The molecule has 5 rings (SSSR count). The van der Waals surface area contributed by atoms with Gasteiger partial charge >= 0.3 is 0 Å². The third-order valence-electron chi connectivity index (χ3n) is 6.50.